The molecule has 2 rings (SSSR count). The molecule has 1 heterocycles. The Morgan fingerprint density at radius 3 is 2.84 bits per heavy atom. The van der Waals surface area contributed by atoms with E-state index in [2.05, 4.69) is 11.8 Å². The number of likely N-dealkylation sites (tertiary alicyclic amines) is 1. The highest BCUT2D eigenvalue weighted by atomic mass is 16.5. The lowest BCUT2D eigenvalue weighted by Gasteiger charge is -2.42. The molecule has 0 amide bonds. The van der Waals surface area contributed by atoms with Gasteiger partial charge in [0.25, 0.3) is 0 Å². The minimum absolute atomic E-state index is 0.174. The molecular formula is C15H24N2O2. The third kappa shape index (κ3) is 3.08. The second-order valence-electron chi connectivity index (χ2n) is 5.24. The predicted octanol–water partition coefficient (Wildman–Crippen LogP) is 1.89. The summed E-state index contributed by atoms with van der Waals surface area (Å²) in [5.74, 6) is 0.361. The second kappa shape index (κ2) is 6.37. The molecule has 0 spiro atoms. The Hall–Kier alpha value is -1.10. The molecule has 1 fully saturated rings. The van der Waals surface area contributed by atoms with Crippen LogP contribution in [0.5, 0.6) is 5.75 Å². The fourth-order valence-electron chi connectivity index (χ4n) is 3.01. The highest BCUT2D eigenvalue weighted by molar-refractivity contribution is 5.34. The van der Waals surface area contributed by atoms with Crippen molar-refractivity contribution in [3.8, 4) is 5.75 Å². The maximum absolute atomic E-state index is 9.99. The Bertz CT molecular complexity index is 411. The maximum Gasteiger partial charge on any atom is 0.120 e. The van der Waals surface area contributed by atoms with E-state index in [0.717, 1.165) is 24.9 Å². The van der Waals surface area contributed by atoms with Gasteiger partial charge < -0.3 is 15.6 Å². The summed E-state index contributed by atoms with van der Waals surface area (Å²) in [5.41, 5.74) is 6.87. The Labute approximate surface area is 115 Å². The molecule has 3 atom stereocenters. The Morgan fingerprint density at radius 2 is 2.21 bits per heavy atom. The van der Waals surface area contributed by atoms with Gasteiger partial charge in [-0.2, -0.15) is 0 Å². The molecule has 0 bridgehead atoms. The largest absolute Gasteiger partial charge is 0.508 e. The number of rotatable bonds is 4. The number of phenolic OH excluding ortho intramolecular Hbond substituents is 1. The molecule has 1 aromatic rings. The van der Waals surface area contributed by atoms with E-state index in [1.807, 2.05) is 18.2 Å². The molecule has 3 N–H and O–H groups in total. The van der Waals surface area contributed by atoms with Crippen LogP contribution in [0.1, 0.15) is 31.4 Å². The van der Waals surface area contributed by atoms with Crippen LogP contribution in [-0.2, 0) is 4.74 Å². The number of nitrogens with zero attached hydrogens (tertiary/aromatic N) is 1. The highest BCUT2D eigenvalue weighted by Gasteiger charge is 2.31. The first-order chi connectivity index (χ1) is 9.17. The monoisotopic (exact) mass is 264 g/mol. The first-order valence-corrected chi connectivity index (χ1v) is 6.93. The molecule has 4 heteroatoms. The van der Waals surface area contributed by atoms with E-state index in [4.69, 9.17) is 10.5 Å². The SMILES string of the molecule is COC1CCN(C(C)c2ccccc2O)C(CN)C1. The number of ether oxygens (including phenoxy) is 1. The molecule has 19 heavy (non-hydrogen) atoms. The van der Waals surface area contributed by atoms with Crippen LogP contribution in [0.25, 0.3) is 0 Å². The molecule has 1 aliphatic rings. The number of phenols is 1. The van der Waals surface area contributed by atoms with Gasteiger partial charge in [0.15, 0.2) is 0 Å². The zero-order valence-corrected chi connectivity index (χ0v) is 11.7. The van der Waals surface area contributed by atoms with Crippen LogP contribution in [0.3, 0.4) is 0 Å². The van der Waals surface area contributed by atoms with Gasteiger partial charge >= 0.3 is 0 Å². The molecule has 1 aliphatic heterocycles. The van der Waals surface area contributed by atoms with E-state index in [0.29, 0.717) is 24.4 Å². The van der Waals surface area contributed by atoms with Gasteiger partial charge in [0.1, 0.15) is 5.75 Å². The van der Waals surface area contributed by atoms with Crippen LogP contribution in [0, 0.1) is 0 Å². The Morgan fingerprint density at radius 1 is 1.47 bits per heavy atom. The minimum Gasteiger partial charge on any atom is -0.508 e. The normalized spacial score (nSPS) is 26.3. The van der Waals surface area contributed by atoms with Crippen LogP contribution in [0.2, 0.25) is 0 Å². The van der Waals surface area contributed by atoms with Crippen LogP contribution < -0.4 is 5.73 Å². The van der Waals surface area contributed by atoms with E-state index in [9.17, 15) is 5.11 Å². The van der Waals surface area contributed by atoms with E-state index >= 15 is 0 Å². The first-order valence-electron chi connectivity index (χ1n) is 6.93. The van der Waals surface area contributed by atoms with Crippen molar-refractivity contribution in [1.29, 1.82) is 0 Å². The molecule has 0 aliphatic carbocycles. The van der Waals surface area contributed by atoms with E-state index in [1.165, 1.54) is 0 Å². The smallest absolute Gasteiger partial charge is 0.120 e. The summed E-state index contributed by atoms with van der Waals surface area (Å²) in [7, 11) is 1.76. The van der Waals surface area contributed by atoms with Crippen molar-refractivity contribution in [3.05, 3.63) is 29.8 Å². The lowest BCUT2D eigenvalue weighted by molar-refractivity contribution is -0.00194. The van der Waals surface area contributed by atoms with Crippen molar-refractivity contribution < 1.29 is 9.84 Å². The van der Waals surface area contributed by atoms with E-state index in [1.54, 1.807) is 13.2 Å². The number of piperidine rings is 1. The Kier molecular flexibility index (Phi) is 4.80. The van der Waals surface area contributed by atoms with Crippen LogP contribution in [-0.4, -0.2) is 42.4 Å². The van der Waals surface area contributed by atoms with Crippen molar-refractivity contribution in [1.82, 2.24) is 4.90 Å². The number of methoxy groups -OCH3 is 1. The predicted molar refractivity (Wildman–Crippen MR) is 76.1 cm³/mol. The Balaban J connectivity index is 2.14. The molecule has 1 aromatic carbocycles. The fraction of sp³-hybridized carbons (Fsp3) is 0.600. The minimum atomic E-state index is 0.174. The van der Waals surface area contributed by atoms with Gasteiger partial charge in [-0.25, -0.2) is 0 Å². The quantitative estimate of drug-likeness (QED) is 0.872. The first kappa shape index (κ1) is 14.3. The van der Waals surface area contributed by atoms with Crippen molar-refractivity contribution in [3.63, 3.8) is 0 Å². The number of para-hydroxylation sites is 1. The molecule has 0 radical (unpaired) electrons. The summed E-state index contributed by atoms with van der Waals surface area (Å²) in [5, 5.41) is 9.99. The number of hydrogen-bond donors (Lipinski definition) is 2. The average molecular weight is 264 g/mol. The molecule has 0 aromatic heterocycles. The number of hydrogen-bond acceptors (Lipinski definition) is 4. The second-order valence-corrected chi connectivity index (χ2v) is 5.24. The summed E-state index contributed by atoms with van der Waals surface area (Å²) in [6, 6.07) is 8.02. The topological polar surface area (TPSA) is 58.7 Å². The van der Waals surface area contributed by atoms with Crippen LogP contribution >= 0.6 is 0 Å². The van der Waals surface area contributed by atoms with Gasteiger partial charge in [-0.15, -0.1) is 0 Å². The number of benzene rings is 1. The highest BCUT2D eigenvalue weighted by Crippen LogP contribution is 2.32. The number of aromatic hydroxyl groups is 1. The lowest BCUT2D eigenvalue weighted by atomic mass is 9.95. The molecule has 0 saturated carbocycles. The lowest BCUT2D eigenvalue weighted by Crippen LogP contribution is -2.49. The molecule has 3 unspecified atom stereocenters. The fourth-order valence-corrected chi connectivity index (χ4v) is 3.01. The molecule has 4 nitrogen and oxygen atoms in total. The van der Waals surface area contributed by atoms with Gasteiger partial charge in [0.05, 0.1) is 6.10 Å². The summed E-state index contributed by atoms with van der Waals surface area (Å²) in [6.07, 6.45) is 2.29. The summed E-state index contributed by atoms with van der Waals surface area (Å²) in [6.45, 7) is 3.71. The summed E-state index contributed by atoms with van der Waals surface area (Å²) in [4.78, 5) is 2.38. The van der Waals surface area contributed by atoms with E-state index < -0.39 is 0 Å². The zero-order valence-electron chi connectivity index (χ0n) is 11.7. The summed E-state index contributed by atoms with van der Waals surface area (Å²) < 4.78 is 5.45. The van der Waals surface area contributed by atoms with Gasteiger partial charge in [-0.05, 0) is 25.8 Å². The van der Waals surface area contributed by atoms with Crippen molar-refractivity contribution in [2.24, 2.45) is 5.73 Å². The standard InChI is InChI=1S/C15H24N2O2/c1-11(14-5-3-4-6-15(14)18)17-8-7-13(19-2)9-12(17)10-16/h3-6,11-13,18H,7-10,16H2,1-2H3. The van der Waals surface area contributed by atoms with Crippen molar-refractivity contribution in [2.75, 3.05) is 20.2 Å². The van der Waals surface area contributed by atoms with Crippen LogP contribution in [0.4, 0.5) is 0 Å². The third-order valence-corrected chi connectivity index (χ3v) is 4.20. The molecule has 106 valence electrons. The zero-order chi connectivity index (χ0) is 13.8. The van der Waals surface area contributed by atoms with Gasteiger partial charge in [-0.3, -0.25) is 4.90 Å². The third-order valence-electron chi connectivity index (χ3n) is 4.20. The number of nitrogens with two attached hydrogens (primary N) is 1. The van der Waals surface area contributed by atoms with Gasteiger partial charge in [-0.1, -0.05) is 18.2 Å². The molecule has 1 saturated heterocycles. The maximum atomic E-state index is 9.99. The van der Waals surface area contributed by atoms with Gasteiger partial charge in [0.2, 0.25) is 0 Å². The average Bonchev–Trinajstić information content (AvgIpc) is 2.46. The van der Waals surface area contributed by atoms with Crippen molar-refractivity contribution >= 4 is 0 Å². The molecular weight excluding hydrogens is 240 g/mol. The van der Waals surface area contributed by atoms with E-state index in [-0.39, 0.29) is 6.04 Å². The van der Waals surface area contributed by atoms with Gasteiger partial charge in [0, 0.05) is 37.8 Å². The van der Waals surface area contributed by atoms with Crippen molar-refractivity contribution in [2.45, 2.75) is 38.0 Å². The van der Waals surface area contributed by atoms with Crippen LogP contribution in [0.15, 0.2) is 24.3 Å². The summed E-state index contributed by atoms with van der Waals surface area (Å²) >= 11 is 0.